The first-order valence-corrected chi connectivity index (χ1v) is 5.44. The minimum atomic E-state index is -0.159. The highest BCUT2D eigenvalue weighted by Gasteiger charge is 2.08. The average Bonchev–Trinajstić information content (AvgIpc) is 2.72. The molecular weight excluding hydrogens is 242 g/mol. The van der Waals surface area contributed by atoms with Crippen LogP contribution in [0.25, 0.3) is 0 Å². The van der Waals surface area contributed by atoms with E-state index in [0.29, 0.717) is 22.2 Å². The van der Waals surface area contributed by atoms with Crippen molar-refractivity contribution in [3.63, 3.8) is 0 Å². The fourth-order valence-electron chi connectivity index (χ4n) is 1.42. The number of benzene rings is 1. The second-order valence-corrected chi connectivity index (χ2v) is 3.87. The summed E-state index contributed by atoms with van der Waals surface area (Å²) in [4.78, 5) is 4.04. The molecule has 17 heavy (non-hydrogen) atoms. The van der Waals surface area contributed by atoms with Gasteiger partial charge >= 0.3 is 0 Å². The average molecular weight is 254 g/mol. The van der Waals surface area contributed by atoms with Crippen LogP contribution in [0.2, 0.25) is 5.02 Å². The number of aromatic nitrogens is 3. The summed E-state index contributed by atoms with van der Waals surface area (Å²) < 4.78 is 7.19. The van der Waals surface area contributed by atoms with E-state index in [1.54, 1.807) is 29.9 Å². The molecule has 0 amide bonds. The zero-order chi connectivity index (χ0) is 12.3. The van der Waals surface area contributed by atoms with Crippen LogP contribution < -0.4 is 4.74 Å². The van der Waals surface area contributed by atoms with Gasteiger partial charge in [-0.25, -0.2) is 4.98 Å². The van der Waals surface area contributed by atoms with Crippen molar-refractivity contribution in [2.75, 3.05) is 0 Å². The van der Waals surface area contributed by atoms with Gasteiger partial charge in [-0.2, -0.15) is 5.10 Å². The minimum Gasteiger partial charge on any atom is -0.485 e. The van der Waals surface area contributed by atoms with E-state index in [-0.39, 0.29) is 13.2 Å². The van der Waals surface area contributed by atoms with Crippen LogP contribution in [0.3, 0.4) is 0 Å². The van der Waals surface area contributed by atoms with Crippen LogP contribution in [-0.2, 0) is 20.3 Å². The molecule has 0 radical (unpaired) electrons. The van der Waals surface area contributed by atoms with Crippen molar-refractivity contribution in [3.8, 4) is 5.75 Å². The molecule has 1 aromatic heterocycles. The predicted octanol–water partition coefficient (Wildman–Crippen LogP) is 1.54. The molecule has 90 valence electrons. The van der Waals surface area contributed by atoms with Crippen molar-refractivity contribution in [3.05, 3.63) is 40.9 Å². The van der Waals surface area contributed by atoms with Gasteiger partial charge in [0.15, 0.2) is 5.82 Å². The second kappa shape index (κ2) is 5.16. The van der Waals surface area contributed by atoms with Gasteiger partial charge in [0.05, 0.1) is 6.61 Å². The van der Waals surface area contributed by atoms with Crippen molar-refractivity contribution < 1.29 is 9.84 Å². The van der Waals surface area contributed by atoms with Crippen LogP contribution in [0, 0.1) is 0 Å². The minimum absolute atomic E-state index is 0.159. The summed E-state index contributed by atoms with van der Waals surface area (Å²) in [5.74, 6) is 1.26. The van der Waals surface area contributed by atoms with Gasteiger partial charge < -0.3 is 9.84 Å². The Hall–Kier alpha value is -1.59. The second-order valence-electron chi connectivity index (χ2n) is 3.46. The van der Waals surface area contributed by atoms with Crippen LogP contribution in [0.4, 0.5) is 0 Å². The van der Waals surface area contributed by atoms with E-state index in [4.69, 9.17) is 16.3 Å². The van der Waals surface area contributed by atoms with Gasteiger partial charge in [0.2, 0.25) is 0 Å². The maximum atomic E-state index is 9.21. The number of aliphatic hydroxyl groups is 1. The monoisotopic (exact) mass is 253 g/mol. The Morgan fingerprint density at radius 1 is 1.47 bits per heavy atom. The van der Waals surface area contributed by atoms with Crippen molar-refractivity contribution in [1.29, 1.82) is 0 Å². The SMILES string of the molecule is Cn1ncnc1COc1cccc(Cl)c1CO. The molecule has 0 spiro atoms. The van der Waals surface area contributed by atoms with Crippen LogP contribution in [0.5, 0.6) is 5.75 Å². The molecule has 0 aliphatic rings. The first-order valence-electron chi connectivity index (χ1n) is 5.06. The van der Waals surface area contributed by atoms with Gasteiger partial charge in [0, 0.05) is 17.6 Å². The molecule has 1 N–H and O–H groups in total. The number of hydrogen-bond donors (Lipinski definition) is 1. The Labute approximate surface area is 104 Å². The number of rotatable bonds is 4. The highest BCUT2D eigenvalue weighted by Crippen LogP contribution is 2.26. The fourth-order valence-corrected chi connectivity index (χ4v) is 1.65. The van der Waals surface area contributed by atoms with Crippen LogP contribution in [-0.4, -0.2) is 19.9 Å². The van der Waals surface area contributed by atoms with Crippen LogP contribution in [0.1, 0.15) is 11.4 Å². The Bertz CT molecular complexity index is 513. The van der Waals surface area contributed by atoms with Gasteiger partial charge in [0.25, 0.3) is 0 Å². The molecule has 0 aliphatic heterocycles. The van der Waals surface area contributed by atoms with E-state index in [9.17, 15) is 5.11 Å². The highest BCUT2D eigenvalue weighted by atomic mass is 35.5. The first-order chi connectivity index (χ1) is 8.22. The van der Waals surface area contributed by atoms with Crippen LogP contribution >= 0.6 is 11.6 Å². The lowest BCUT2D eigenvalue weighted by molar-refractivity contribution is 0.253. The number of nitrogens with zero attached hydrogens (tertiary/aromatic N) is 3. The summed E-state index contributed by atoms with van der Waals surface area (Å²) in [6.45, 7) is 0.123. The lowest BCUT2D eigenvalue weighted by Crippen LogP contribution is -2.05. The van der Waals surface area contributed by atoms with E-state index in [0.717, 1.165) is 0 Å². The van der Waals surface area contributed by atoms with E-state index in [1.165, 1.54) is 6.33 Å². The van der Waals surface area contributed by atoms with Crippen molar-refractivity contribution in [1.82, 2.24) is 14.8 Å². The number of hydrogen-bond acceptors (Lipinski definition) is 4. The number of halogens is 1. The van der Waals surface area contributed by atoms with E-state index < -0.39 is 0 Å². The molecule has 5 nitrogen and oxygen atoms in total. The molecular formula is C11H12ClN3O2. The molecule has 6 heteroatoms. The third-order valence-corrected chi connectivity index (χ3v) is 2.75. The maximum Gasteiger partial charge on any atom is 0.164 e. The molecule has 0 unspecified atom stereocenters. The maximum absolute atomic E-state index is 9.21. The van der Waals surface area contributed by atoms with Crippen LogP contribution in [0.15, 0.2) is 24.5 Å². The molecule has 2 rings (SSSR count). The Morgan fingerprint density at radius 2 is 2.29 bits per heavy atom. The van der Waals surface area contributed by atoms with Crippen molar-refractivity contribution >= 4 is 11.6 Å². The third kappa shape index (κ3) is 2.57. The number of aliphatic hydroxyl groups excluding tert-OH is 1. The topological polar surface area (TPSA) is 60.2 Å². The normalized spacial score (nSPS) is 10.5. The molecule has 0 atom stereocenters. The van der Waals surface area contributed by atoms with Gasteiger partial charge in [-0.15, -0.1) is 0 Å². The fraction of sp³-hybridized carbons (Fsp3) is 0.273. The molecule has 0 saturated carbocycles. The Balaban J connectivity index is 2.14. The molecule has 1 heterocycles. The van der Waals surface area contributed by atoms with Gasteiger partial charge in [-0.3, -0.25) is 4.68 Å². The van der Waals surface area contributed by atoms with E-state index >= 15 is 0 Å². The van der Waals surface area contributed by atoms with Crippen molar-refractivity contribution in [2.24, 2.45) is 7.05 Å². The summed E-state index contributed by atoms with van der Waals surface area (Å²) in [7, 11) is 1.79. The molecule has 0 saturated heterocycles. The standard InChI is InChI=1S/C11H12ClN3O2/c1-15-11(13-7-14-15)6-17-10-4-2-3-9(12)8(10)5-16/h2-4,7,16H,5-6H2,1H3. The summed E-state index contributed by atoms with van der Waals surface area (Å²) in [6, 6.07) is 5.24. The number of aryl methyl sites for hydroxylation is 1. The molecule has 0 bridgehead atoms. The van der Waals surface area contributed by atoms with E-state index in [2.05, 4.69) is 10.1 Å². The lowest BCUT2D eigenvalue weighted by atomic mass is 10.2. The largest absolute Gasteiger partial charge is 0.485 e. The number of ether oxygens (including phenoxy) is 1. The quantitative estimate of drug-likeness (QED) is 0.898. The van der Waals surface area contributed by atoms with Crippen molar-refractivity contribution in [2.45, 2.75) is 13.2 Å². The predicted molar refractivity (Wildman–Crippen MR) is 62.7 cm³/mol. The third-order valence-electron chi connectivity index (χ3n) is 2.40. The van der Waals surface area contributed by atoms with Gasteiger partial charge in [-0.05, 0) is 12.1 Å². The Morgan fingerprint density at radius 3 is 2.94 bits per heavy atom. The molecule has 1 aromatic carbocycles. The Kier molecular flexibility index (Phi) is 3.61. The molecule has 0 fully saturated rings. The summed E-state index contributed by atoms with van der Waals surface area (Å²) in [5.41, 5.74) is 0.580. The lowest BCUT2D eigenvalue weighted by Gasteiger charge is -2.10. The van der Waals surface area contributed by atoms with Gasteiger partial charge in [0.1, 0.15) is 18.7 Å². The van der Waals surface area contributed by atoms with Gasteiger partial charge in [-0.1, -0.05) is 17.7 Å². The smallest absolute Gasteiger partial charge is 0.164 e. The molecule has 2 aromatic rings. The molecule has 0 aliphatic carbocycles. The zero-order valence-corrected chi connectivity index (χ0v) is 10.1. The van der Waals surface area contributed by atoms with E-state index in [1.807, 2.05) is 0 Å². The zero-order valence-electron chi connectivity index (χ0n) is 9.30. The first kappa shape index (κ1) is 11.9. The summed E-state index contributed by atoms with van der Waals surface area (Å²) in [6.07, 6.45) is 1.46. The summed E-state index contributed by atoms with van der Waals surface area (Å²) >= 11 is 5.95. The highest BCUT2D eigenvalue weighted by molar-refractivity contribution is 6.31. The summed E-state index contributed by atoms with van der Waals surface area (Å²) in [5, 5.41) is 13.6.